The molecule has 5 nitrogen and oxygen atoms in total. The summed E-state index contributed by atoms with van der Waals surface area (Å²) in [5.41, 5.74) is 14.9. The van der Waals surface area contributed by atoms with Crippen molar-refractivity contribution in [2.45, 2.75) is 91.9 Å². The van der Waals surface area contributed by atoms with E-state index in [1.165, 1.54) is 16.8 Å². The number of fused-ring (bicyclic) bond motifs is 1. The smallest absolute Gasteiger partial charge is 0.267 e. The first-order valence-corrected chi connectivity index (χ1v) is 22.9. The summed E-state index contributed by atoms with van der Waals surface area (Å²) >= 11 is 0. The van der Waals surface area contributed by atoms with Crippen LogP contribution in [-0.4, -0.2) is 14.1 Å². The van der Waals surface area contributed by atoms with Crippen LogP contribution in [0.5, 0.6) is 11.5 Å². The largest absolute Gasteiger partial charge is 0.503 e. The summed E-state index contributed by atoms with van der Waals surface area (Å²) in [7, 11) is 0. The molecule has 0 fully saturated rings. The summed E-state index contributed by atoms with van der Waals surface area (Å²) in [6.45, 7) is 22.5. The summed E-state index contributed by atoms with van der Waals surface area (Å²) < 4.78 is 13.5. The summed E-state index contributed by atoms with van der Waals surface area (Å²) in [5.74, 6) is 2.65. The van der Waals surface area contributed by atoms with Crippen molar-refractivity contribution in [3.05, 3.63) is 199 Å². The van der Waals surface area contributed by atoms with Crippen LogP contribution in [0.4, 0.5) is 0 Å². The Kier molecular flexibility index (Phi) is 13.0. The molecule has 2 aromatic heterocycles. The minimum Gasteiger partial charge on any atom is -0.503 e. The van der Waals surface area contributed by atoms with Crippen molar-refractivity contribution >= 4 is 11.0 Å². The minimum atomic E-state index is -0.192. The Morgan fingerprint density at radius 1 is 0.576 bits per heavy atom. The van der Waals surface area contributed by atoms with E-state index in [9.17, 15) is 0 Å². The zero-order valence-corrected chi connectivity index (χ0v) is 42.0. The molecule has 336 valence electrons. The van der Waals surface area contributed by atoms with Gasteiger partial charge in [-0.3, -0.25) is 9.55 Å². The van der Waals surface area contributed by atoms with Gasteiger partial charge in [0.1, 0.15) is 0 Å². The number of imidazole rings is 2. The van der Waals surface area contributed by atoms with Crippen molar-refractivity contribution in [1.82, 2.24) is 14.1 Å². The quantitative estimate of drug-likeness (QED) is 0.101. The third-order valence-corrected chi connectivity index (χ3v) is 12.3. The number of para-hydroxylation sites is 4. The molecule has 0 aliphatic carbocycles. The first-order valence-electron chi connectivity index (χ1n) is 22.9. The van der Waals surface area contributed by atoms with Gasteiger partial charge in [-0.05, 0) is 73.9 Å². The molecule has 0 unspecified atom stereocenters. The van der Waals surface area contributed by atoms with Crippen molar-refractivity contribution in [2.75, 3.05) is 0 Å². The summed E-state index contributed by atoms with van der Waals surface area (Å²) in [4.78, 5) is 5.37. The van der Waals surface area contributed by atoms with E-state index in [4.69, 9.17) is 9.72 Å². The van der Waals surface area contributed by atoms with Crippen LogP contribution in [0.3, 0.4) is 0 Å². The molecule has 0 atom stereocenters. The van der Waals surface area contributed by atoms with Gasteiger partial charge < -0.3 is 13.9 Å². The predicted octanol–water partition coefficient (Wildman–Crippen LogP) is 15.1. The van der Waals surface area contributed by atoms with Crippen molar-refractivity contribution < 1.29 is 30.4 Å². The molecule has 7 aromatic carbocycles. The second kappa shape index (κ2) is 18.5. The molecule has 0 spiro atoms. The molecule has 6 heteroatoms. The maximum Gasteiger partial charge on any atom is 0.267 e. The van der Waals surface area contributed by atoms with Gasteiger partial charge in [-0.25, -0.2) is 0 Å². The molecule has 0 saturated carbocycles. The van der Waals surface area contributed by atoms with E-state index < -0.39 is 0 Å². The summed E-state index contributed by atoms with van der Waals surface area (Å²) in [6.07, 6.45) is 7.81. The monoisotopic (exact) mass is 1050 g/mol. The number of nitrogens with zero attached hydrogens (tertiary/aromatic N) is 4. The van der Waals surface area contributed by atoms with Crippen LogP contribution < -0.4 is 9.30 Å². The van der Waals surface area contributed by atoms with Crippen LogP contribution in [0, 0.1) is 18.5 Å². The van der Waals surface area contributed by atoms with Crippen molar-refractivity contribution in [3.8, 4) is 62.2 Å². The Morgan fingerprint density at radius 3 is 1.68 bits per heavy atom. The zero-order chi connectivity index (χ0) is 45.6. The Hall–Kier alpha value is -6.29. The SMILES string of the molecule is CC(C)c1cccc(C(C)C)c1-n1c(-c2[c-]c(Oc3[c-]c(-[n+]4[c-]n(-c5c(-c6ccccc6)cccc5-c5ccccc5)cc4)cc(C(C)(C)C)c3)cc(C(C)(C)C)c2)nc2ccccc21.[Pt]. The number of hydrogen-bond donors (Lipinski definition) is 0. The van der Waals surface area contributed by atoms with E-state index in [1.807, 2.05) is 10.8 Å². The third kappa shape index (κ3) is 9.24. The molecule has 9 aromatic rings. The van der Waals surface area contributed by atoms with E-state index in [0.29, 0.717) is 23.3 Å². The molecule has 0 N–H and O–H groups in total. The molecular formula is C60H58N4OPt-2. The Morgan fingerprint density at radius 2 is 1.11 bits per heavy atom. The van der Waals surface area contributed by atoms with Gasteiger partial charge in [0.2, 0.25) is 0 Å². The van der Waals surface area contributed by atoms with E-state index in [1.54, 1.807) is 0 Å². The van der Waals surface area contributed by atoms with Crippen LogP contribution >= 0.6 is 0 Å². The van der Waals surface area contributed by atoms with Gasteiger partial charge in [0, 0.05) is 50.6 Å². The van der Waals surface area contributed by atoms with Crippen LogP contribution in [0.15, 0.2) is 158 Å². The molecular weight excluding hydrogens is 988 g/mol. The van der Waals surface area contributed by atoms with Gasteiger partial charge in [-0.15, -0.1) is 29.3 Å². The van der Waals surface area contributed by atoms with Gasteiger partial charge in [-0.2, -0.15) is 11.6 Å². The predicted molar refractivity (Wildman–Crippen MR) is 267 cm³/mol. The van der Waals surface area contributed by atoms with Crippen LogP contribution in [0.1, 0.15) is 103 Å². The molecule has 9 rings (SSSR count). The number of aromatic nitrogens is 4. The molecule has 0 aliphatic rings. The average Bonchev–Trinajstić information content (AvgIpc) is 3.94. The second-order valence-electron chi connectivity index (χ2n) is 19.8. The van der Waals surface area contributed by atoms with E-state index >= 15 is 0 Å². The van der Waals surface area contributed by atoms with Crippen LogP contribution in [-0.2, 0) is 31.9 Å². The van der Waals surface area contributed by atoms with Crippen molar-refractivity contribution in [2.24, 2.45) is 0 Å². The first kappa shape index (κ1) is 46.2. The molecule has 2 heterocycles. The number of rotatable bonds is 10. The van der Waals surface area contributed by atoms with Crippen LogP contribution in [0.2, 0.25) is 0 Å². The van der Waals surface area contributed by atoms with Crippen LogP contribution in [0.25, 0.3) is 61.7 Å². The van der Waals surface area contributed by atoms with Gasteiger partial charge in [0.15, 0.2) is 0 Å². The fourth-order valence-electron chi connectivity index (χ4n) is 8.70. The molecule has 66 heavy (non-hydrogen) atoms. The number of benzene rings is 7. The standard InChI is InChI=1S/C60H58N4O.Pt/c1-40(2)50-25-19-26-51(41(3)4)57(50)64-55-30-18-17-29-54(55)61-58(64)44-33-45(59(5,6)7)36-48(34-44)65-49-37-46(60(8,9)10)35-47(38-49)62-31-32-63(39-62)56-52(42-21-13-11-14-22-42)27-20-28-53(56)43-23-15-12-16-24-43;/h11-33,35-37,40-41H,1-10H3;/q-2;. The van der Waals surface area contributed by atoms with Crippen molar-refractivity contribution in [3.63, 3.8) is 0 Å². The van der Waals surface area contributed by atoms with Gasteiger partial charge in [0.25, 0.3) is 6.33 Å². The Balaban J connectivity index is 0.00000592. The normalized spacial score (nSPS) is 11.9. The summed E-state index contributed by atoms with van der Waals surface area (Å²) in [6, 6.07) is 58.8. The average molecular weight is 1050 g/mol. The second-order valence-corrected chi connectivity index (χ2v) is 19.8. The number of hydrogen-bond acceptors (Lipinski definition) is 2. The van der Waals surface area contributed by atoms with Gasteiger partial charge >= 0.3 is 0 Å². The van der Waals surface area contributed by atoms with Crippen molar-refractivity contribution in [1.29, 1.82) is 0 Å². The minimum absolute atomic E-state index is 0. The van der Waals surface area contributed by atoms with Gasteiger partial charge in [0.05, 0.1) is 22.5 Å². The van der Waals surface area contributed by atoms with E-state index in [-0.39, 0.29) is 31.9 Å². The fraction of sp³-hybridized carbons (Fsp3) is 0.233. The topological polar surface area (TPSA) is 35.9 Å². The Labute approximate surface area is 406 Å². The Bertz CT molecular complexity index is 3060. The zero-order valence-electron chi connectivity index (χ0n) is 39.7. The third-order valence-electron chi connectivity index (χ3n) is 12.3. The maximum absolute atomic E-state index is 6.98. The number of ether oxygens (including phenoxy) is 1. The molecule has 0 radical (unpaired) electrons. The molecule has 0 saturated heterocycles. The summed E-state index contributed by atoms with van der Waals surface area (Å²) in [5, 5.41) is 0. The maximum atomic E-state index is 6.98. The molecule has 0 bridgehead atoms. The molecule has 0 amide bonds. The molecule has 0 aliphatic heterocycles. The van der Waals surface area contributed by atoms with Gasteiger partial charge in [-0.1, -0.05) is 191 Å². The van der Waals surface area contributed by atoms with E-state index in [2.05, 4.69) is 249 Å². The first-order chi connectivity index (χ1) is 31.1. The fourth-order valence-corrected chi connectivity index (χ4v) is 8.70. The van der Waals surface area contributed by atoms with E-state index in [0.717, 1.165) is 67.2 Å².